The van der Waals surface area contributed by atoms with Gasteiger partial charge in [-0.2, -0.15) is 0 Å². The van der Waals surface area contributed by atoms with Gasteiger partial charge in [0.2, 0.25) is 0 Å². The van der Waals surface area contributed by atoms with Crippen LogP contribution in [0.5, 0.6) is 0 Å². The van der Waals surface area contributed by atoms with E-state index in [1.165, 1.54) is 0 Å². The fourth-order valence-corrected chi connectivity index (χ4v) is 1.62. The molecule has 0 atom stereocenters. The van der Waals surface area contributed by atoms with Gasteiger partial charge in [0.25, 0.3) is 5.91 Å². The van der Waals surface area contributed by atoms with Gasteiger partial charge in [-0.15, -0.1) is 0 Å². The van der Waals surface area contributed by atoms with Crippen molar-refractivity contribution in [3.63, 3.8) is 0 Å². The van der Waals surface area contributed by atoms with Gasteiger partial charge in [-0.05, 0) is 12.1 Å². The molecule has 1 saturated heterocycles. The molecule has 1 aliphatic rings. The van der Waals surface area contributed by atoms with Crippen molar-refractivity contribution in [2.75, 3.05) is 38.7 Å². The Balaban J connectivity index is 2.07. The van der Waals surface area contributed by atoms with Crippen molar-refractivity contribution in [1.29, 1.82) is 0 Å². The summed E-state index contributed by atoms with van der Waals surface area (Å²) in [7, 11) is 1.80. The van der Waals surface area contributed by atoms with Gasteiger partial charge in [-0.25, -0.2) is 4.98 Å². The molecule has 0 spiro atoms. The molecule has 16 heavy (non-hydrogen) atoms. The summed E-state index contributed by atoms with van der Waals surface area (Å²) in [6.45, 7) is 2.56. The number of aromatic nitrogens is 1. The fraction of sp³-hybridized carbons (Fsp3) is 0.455. The Kier molecular flexibility index (Phi) is 3.36. The van der Waals surface area contributed by atoms with E-state index < -0.39 is 0 Å². The number of hydrogen-bond donors (Lipinski definition) is 1. The highest BCUT2D eigenvalue weighted by Gasteiger charge is 2.18. The lowest BCUT2D eigenvalue weighted by Gasteiger charge is -2.26. The lowest BCUT2D eigenvalue weighted by molar-refractivity contribution is 0.0302. The van der Waals surface area contributed by atoms with Gasteiger partial charge in [-0.3, -0.25) is 4.79 Å². The zero-order chi connectivity index (χ0) is 11.4. The van der Waals surface area contributed by atoms with Crippen molar-refractivity contribution in [3.8, 4) is 0 Å². The molecule has 5 nitrogen and oxygen atoms in total. The van der Waals surface area contributed by atoms with Crippen molar-refractivity contribution in [2.45, 2.75) is 0 Å². The molecule has 0 aliphatic carbocycles. The molecule has 1 N–H and O–H groups in total. The Morgan fingerprint density at radius 3 is 2.75 bits per heavy atom. The summed E-state index contributed by atoms with van der Waals surface area (Å²) in [5.41, 5.74) is 0.626. The normalized spacial score (nSPS) is 15.9. The first-order valence-electron chi connectivity index (χ1n) is 5.32. The van der Waals surface area contributed by atoms with E-state index in [-0.39, 0.29) is 5.91 Å². The van der Waals surface area contributed by atoms with Crippen LogP contribution in [0.2, 0.25) is 0 Å². The van der Waals surface area contributed by atoms with Crippen LogP contribution in [0.15, 0.2) is 18.3 Å². The lowest BCUT2D eigenvalue weighted by atomic mass is 10.2. The molecular formula is C11H15N3O2. The minimum atomic E-state index is 0.0263. The smallest absolute Gasteiger partial charge is 0.255 e. The van der Waals surface area contributed by atoms with E-state index in [2.05, 4.69) is 10.3 Å². The predicted octanol–water partition coefficient (Wildman–Crippen LogP) is 0.596. The van der Waals surface area contributed by atoms with Crippen LogP contribution in [0.3, 0.4) is 0 Å². The van der Waals surface area contributed by atoms with Crippen molar-refractivity contribution in [1.82, 2.24) is 9.88 Å². The molecule has 0 saturated carbocycles. The van der Waals surface area contributed by atoms with Gasteiger partial charge in [0.05, 0.1) is 18.8 Å². The Labute approximate surface area is 94.4 Å². The van der Waals surface area contributed by atoms with Gasteiger partial charge in [0.15, 0.2) is 0 Å². The van der Waals surface area contributed by atoms with Crippen molar-refractivity contribution < 1.29 is 9.53 Å². The number of ether oxygens (including phenoxy) is 1. The van der Waals surface area contributed by atoms with Crippen LogP contribution in [0.25, 0.3) is 0 Å². The first kappa shape index (κ1) is 10.9. The lowest BCUT2D eigenvalue weighted by Crippen LogP contribution is -2.40. The summed E-state index contributed by atoms with van der Waals surface area (Å²) < 4.78 is 5.20. The Hall–Kier alpha value is -1.62. The number of nitrogens with one attached hydrogen (secondary N) is 1. The molecule has 2 rings (SSSR count). The summed E-state index contributed by atoms with van der Waals surface area (Å²) in [6.07, 6.45) is 1.60. The van der Waals surface area contributed by atoms with E-state index in [9.17, 15) is 4.79 Å². The zero-order valence-corrected chi connectivity index (χ0v) is 9.27. The van der Waals surface area contributed by atoms with Gasteiger partial charge in [0, 0.05) is 26.3 Å². The second-order valence-corrected chi connectivity index (χ2v) is 3.59. The quantitative estimate of drug-likeness (QED) is 0.794. The molecule has 1 aliphatic heterocycles. The molecule has 1 fully saturated rings. The zero-order valence-electron chi connectivity index (χ0n) is 9.27. The van der Waals surface area contributed by atoms with E-state index >= 15 is 0 Å². The standard InChI is InChI=1S/C11H15N3O2/c1-12-10-3-2-9(8-13-10)11(15)14-4-6-16-7-5-14/h2-3,8H,4-7H2,1H3,(H,12,13). The Morgan fingerprint density at radius 1 is 1.44 bits per heavy atom. The van der Waals surface area contributed by atoms with Crippen LogP contribution in [-0.4, -0.2) is 49.1 Å². The molecule has 86 valence electrons. The van der Waals surface area contributed by atoms with Crippen LogP contribution in [0.4, 0.5) is 5.82 Å². The number of amides is 1. The molecule has 1 aromatic rings. The number of carbonyl (C=O) groups is 1. The van der Waals surface area contributed by atoms with Gasteiger partial charge in [-0.1, -0.05) is 0 Å². The summed E-state index contributed by atoms with van der Waals surface area (Å²) in [5, 5.41) is 2.92. The van der Waals surface area contributed by atoms with Crippen LogP contribution in [0, 0.1) is 0 Å². The van der Waals surface area contributed by atoms with Gasteiger partial charge in [0.1, 0.15) is 5.82 Å². The van der Waals surface area contributed by atoms with Crippen LogP contribution < -0.4 is 5.32 Å². The van der Waals surface area contributed by atoms with E-state index in [1.807, 2.05) is 0 Å². The maximum absolute atomic E-state index is 12.0. The Bertz CT molecular complexity index is 358. The molecule has 0 radical (unpaired) electrons. The summed E-state index contributed by atoms with van der Waals surface area (Å²) in [4.78, 5) is 17.9. The fourth-order valence-electron chi connectivity index (χ4n) is 1.62. The number of nitrogens with zero attached hydrogens (tertiary/aromatic N) is 2. The SMILES string of the molecule is CNc1ccc(C(=O)N2CCOCC2)cn1. The van der Waals surface area contributed by atoms with Crippen molar-refractivity contribution in [3.05, 3.63) is 23.9 Å². The molecular weight excluding hydrogens is 206 g/mol. The third kappa shape index (κ3) is 2.30. The molecule has 2 heterocycles. The van der Waals surface area contributed by atoms with Crippen molar-refractivity contribution in [2.24, 2.45) is 0 Å². The molecule has 0 bridgehead atoms. The largest absolute Gasteiger partial charge is 0.378 e. The van der Waals surface area contributed by atoms with Gasteiger partial charge >= 0.3 is 0 Å². The maximum Gasteiger partial charge on any atom is 0.255 e. The summed E-state index contributed by atoms with van der Waals surface area (Å²) in [6, 6.07) is 3.59. The van der Waals surface area contributed by atoms with Crippen LogP contribution >= 0.6 is 0 Å². The summed E-state index contributed by atoms with van der Waals surface area (Å²) >= 11 is 0. The number of hydrogen-bond acceptors (Lipinski definition) is 4. The second-order valence-electron chi connectivity index (χ2n) is 3.59. The number of pyridine rings is 1. The highest BCUT2D eigenvalue weighted by atomic mass is 16.5. The number of rotatable bonds is 2. The third-order valence-corrected chi connectivity index (χ3v) is 2.56. The molecule has 0 aromatic carbocycles. The van der Waals surface area contributed by atoms with E-state index in [4.69, 9.17) is 4.74 Å². The minimum absolute atomic E-state index is 0.0263. The number of carbonyl (C=O) groups excluding carboxylic acids is 1. The average Bonchev–Trinajstić information content (AvgIpc) is 2.39. The van der Waals surface area contributed by atoms with Crippen LogP contribution in [-0.2, 0) is 4.74 Å². The monoisotopic (exact) mass is 221 g/mol. The highest BCUT2D eigenvalue weighted by molar-refractivity contribution is 5.94. The first-order valence-corrected chi connectivity index (χ1v) is 5.32. The molecule has 1 amide bonds. The van der Waals surface area contributed by atoms with E-state index in [1.54, 1.807) is 30.3 Å². The Morgan fingerprint density at radius 2 is 2.19 bits per heavy atom. The van der Waals surface area contributed by atoms with E-state index in [0.29, 0.717) is 31.9 Å². The second kappa shape index (κ2) is 4.94. The number of anilines is 1. The molecule has 5 heteroatoms. The highest BCUT2D eigenvalue weighted by Crippen LogP contribution is 2.08. The number of morpholine rings is 1. The predicted molar refractivity (Wildman–Crippen MR) is 60.5 cm³/mol. The van der Waals surface area contributed by atoms with Gasteiger partial charge < -0.3 is 15.0 Å². The summed E-state index contributed by atoms with van der Waals surface area (Å²) in [5.74, 6) is 0.789. The first-order chi connectivity index (χ1) is 7.81. The maximum atomic E-state index is 12.0. The average molecular weight is 221 g/mol. The minimum Gasteiger partial charge on any atom is -0.378 e. The van der Waals surface area contributed by atoms with E-state index in [0.717, 1.165) is 5.82 Å². The molecule has 0 unspecified atom stereocenters. The van der Waals surface area contributed by atoms with Crippen molar-refractivity contribution >= 4 is 11.7 Å². The molecule has 1 aromatic heterocycles. The van der Waals surface area contributed by atoms with Crippen LogP contribution in [0.1, 0.15) is 10.4 Å². The topological polar surface area (TPSA) is 54.5 Å². The third-order valence-electron chi connectivity index (χ3n) is 2.56.